The third-order valence-electron chi connectivity index (χ3n) is 5.87. The highest BCUT2D eigenvalue weighted by Crippen LogP contribution is 2.35. The summed E-state index contributed by atoms with van der Waals surface area (Å²) in [6.45, 7) is 2.83. The third-order valence-corrected chi connectivity index (χ3v) is 5.87. The summed E-state index contributed by atoms with van der Waals surface area (Å²) in [5, 5.41) is 9.35. The number of hydrogen-bond donors (Lipinski definition) is 1. The largest absolute Gasteiger partial charge is 0.481 e. The molecular weight excluding hydrogens is 348 g/mol. The SMILES string of the molecule is O=C(O)[C@@H]1CCCN(c2cccc3c2C(=O)N(CC2CCOCC2)C3=O)C1. The molecule has 2 amide bonds. The fourth-order valence-electron chi connectivity index (χ4n) is 4.33. The van der Waals surface area contributed by atoms with Gasteiger partial charge in [-0.2, -0.15) is 0 Å². The molecule has 1 N–H and O–H groups in total. The van der Waals surface area contributed by atoms with E-state index in [0.29, 0.717) is 56.1 Å². The first kappa shape index (κ1) is 18.0. The monoisotopic (exact) mass is 372 g/mol. The van der Waals surface area contributed by atoms with Gasteiger partial charge in [-0.05, 0) is 43.7 Å². The van der Waals surface area contributed by atoms with Crippen LogP contribution in [0.15, 0.2) is 18.2 Å². The van der Waals surface area contributed by atoms with E-state index in [1.54, 1.807) is 12.1 Å². The van der Waals surface area contributed by atoms with E-state index in [-0.39, 0.29) is 17.7 Å². The van der Waals surface area contributed by atoms with Gasteiger partial charge in [0.05, 0.1) is 22.7 Å². The van der Waals surface area contributed by atoms with E-state index >= 15 is 0 Å². The van der Waals surface area contributed by atoms with Gasteiger partial charge in [-0.15, -0.1) is 0 Å². The maximum Gasteiger partial charge on any atom is 0.308 e. The maximum absolute atomic E-state index is 13.1. The predicted octanol–water partition coefficient (Wildman–Crippen LogP) is 2.01. The molecule has 7 nitrogen and oxygen atoms in total. The molecule has 1 aromatic rings. The van der Waals surface area contributed by atoms with E-state index in [1.807, 2.05) is 11.0 Å². The molecule has 0 aromatic heterocycles. The summed E-state index contributed by atoms with van der Waals surface area (Å²) < 4.78 is 5.36. The lowest BCUT2D eigenvalue weighted by atomic mass is 9.96. The zero-order valence-corrected chi connectivity index (χ0v) is 15.2. The molecular formula is C20H24N2O5. The third kappa shape index (κ3) is 3.32. The van der Waals surface area contributed by atoms with Crippen LogP contribution in [0, 0.1) is 11.8 Å². The van der Waals surface area contributed by atoms with E-state index in [4.69, 9.17) is 4.74 Å². The number of nitrogens with zero attached hydrogens (tertiary/aromatic N) is 2. The molecule has 3 aliphatic heterocycles. The summed E-state index contributed by atoms with van der Waals surface area (Å²) >= 11 is 0. The first-order chi connectivity index (χ1) is 13.1. The molecule has 0 aliphatic carbocycles. The Kier molecular flexibility index (Phi) is 4.86. The summed E-state index contributed by atoms with van der Waals surface area (Å²) in [6, 6.07) is 5.30. The van der Waals surface area contributed by atoms with Crippen molar-refractivity contribution in [1.82, 2.24) is 4.90 Å². The number of amides is 2. The molecule has 144 valence electrons. The highest BCUT2D eigenvalue weighted by molar-refractivity contribution is 6.23. The number of anilines is 1. The van der Waals surface area contributed by atoms with Gasteiger partial charge < -0.3 is 14.7 Å². The van der Waals surface area contributed by atoms with Crippen LogP contribution in [0.3, 0.4) is 0 Å². The molecule has 0 radical (unpaired) electrons. The summed E-state index contributed by atoms with van der Waals surface area (Å²) in [4.78, 5) is 40.6. The number of carboxylic acid groups (broad SMARTS) is 1. The summed E-state index contributed by atoms with van der Waals surface area (Å²) in [5.74, 6) is -1.48. The predicted molar refractivity (Wildman–Crippen MR) is 97.9 cm³/mol. The van der Waals surface area contributed by atoms with Gasteiger partial charge in [0, 0.05) is 32.8 Å². The molecule has 27 heavy (non-hydrogen) atoms. The summed E-state index contributed by atoms with van der Waals surface area (Å²) in [7, 11) is 0. The van der Waals surface area contributed by atoms with Gasteiger partial charge in [0.25, 0.3) is 11.8 Å². The van der Waals surface area contributed by atoms with E-state index in [2.05, 4.69) is 0 Å². The van der Waals surface area contributed by atoms with E-state index < -0.39 is 11.9 Å². The van der Waals surface area contributed by atoms with Crippen LogP contribution in [0.5, 0.6) is 0 Å². The number of rotatable bonds is 4. The van der Waals surface area contributed by atoms with Crippen LogP contribution in [0.2, 0.25) is 0 Å². The van der Waals surface area contributed by atoms with Crippen molar-refractivity contribution in [2.75, 3.05) is 37.7 Å². The number of ether oxygens (including phenoxy) is 1. The fraction of sp³-hybridized carbons (Fsp3) is 0.550. The summed E-state index contributed by atoms with van der Waals surface area (Å²) in [5.41, 5.74) is 1.55. The Hall–Kier alpha value is -2.41. The van der Waals surface area contributed by atoms with Crippen molar-refractivity contribution >= 4 is 23.5 Å². The number of hydrogen-bond acceptors (Lipinski definition) is 5. The van der Waals surface area contributed by atoms with Gasteiger partial charge >= 0.3 is 5.97 Å². The van der Waals surface area contributed by atoms with Gasteiger partial charge in [-0.25, -0.2) is 0 Å². The number of aliphatic carboxylic acids is 1. The van der Waals surface area contributed by atoms with Crippen LogP contribution in [-0.4, -0.2) is 60.6 Å². The van der Waals surface area contributed by atoms with Crippen LogP contribution in [0.1, 0.15) is 46.4 Å². The molecule has 1 aromatic carbocycles. The van der Waals surface area contributed by atoms with E-state index in [9.17, 15) is 19.5 Å². The zero-order valence-electron chi connectivity index (χ0n) is 15.2. The van der Waals surface area contributed by atoms with Crippen molar-refractivity contribution in [2.24, 2.45) is 11.8 Å². The number of carbonyl (C=O) groups is 3. The number of carboxylic acids is 1. The fourth-order valence-corrected chi connectivity index (χ4v) is 4.33. The number of piperidine rings is 1. The minimum Gasteiger partial charge on any atom is -0.481 e. The Balaban J connectivity index is 1.59. The van der Waals surface area contributed by atoms with E-state index in [1.165, 1.54) is 4.90 Å². The number of carbonyl (C=O) groups excluding carboxylic acids is 2. The Morgan fingerprint density at radius 3 is 2.67 bits per heavy atom. The first-order valence-electron chi connectivity index (χ1n) is 9.61. The second-order valence-corrected chi connectivity index (χ2v) is 7.60. The highest BCUT2D eigenvalue weighted by Gasteiger charge is 2.40. The average Bonchev–Trinajstić information content (AvgIpc) is 2.94. The van der Waals surface area contributed by atoms with Crippen LogP contribution >= 0.6 is 0 Å². The molecule has 4 rings (SSSR count). The van der Waals surface area contributed by atoms with E-state index in [0.717, 1.165) is 19.3 Å². The molecule has 1 atom stereocenters. The highest BCUT2D eigenvalue weighted by atomic mass is 16.5. The van der Waals surface area contributed by atoms with Gasteiger partial charge in [-0.1, -0.05) is 6.07 Å². The lowest BCUT2D eigenvalue weighted by Gasteiger charge is -2.33. The Morgan fingerprint density at radius 2 is 1.93 bits per heavy atom. The molecule has 2 saturated heterocycles. The van der Waals surface area contributed by atoms with Crippen LogP contribution in [-0.2, 0) is 9.53 Å². The van der Waals surface area contributed by atoms with Crippen LogP contribution in [0.25, 0.3) is 0 Å². The van der Waals surface area contributed by atoms with Crippen molar-refractivity contribution in [3.8, 4) is 0 Å². The normalized spacial score (nSPS) is 23.6. The molecule has 7 heteroatoms. The minimum absolute atomic E-state index is 0.241. The molecule has 2 fully saturated rings. The number of benzene rings is 1. The lowest BCUT2D eigenvalue weighted by molar-refractivity contribution is -0.141. The smallest absolute Gasteiger partial charge is 0.308 e. The number of fused-ring (bicyclic) bond motifs is 1. The van der Waals surface area contributed by atoms with Crippen molar-refractivity contribution in [3.05, 3.63) is 29.3 Å². The first-order valence-corrected chi connectivity index (χ1v) is 9.61. The average molecular weight is 372 g/mol. The van der Waals surface area contributed by atoms with Crippen LogP contribution < -0.4 is 4.90 Å². The molecule has 0 saturated carbocycles. The standard InChI is InChI=1S/C20H24N2O5/c23-18-15-4-1-5-16(21-8-2-3-14(12-21)20(25)26)17(15)19(24)22(18)11-13-6-9-27-10-7-13/h1,4-5,13-14H,2-3,6-12H2,(H,25,26)/t14-/m1/s1. The van der Waals surface area contributed by atoms with Crippen molar-refractivity contribution in [2.45, 2.75) is 25.7 Å². The second-order valence-electron chi connectivity index (χ2n) is 7.60. The van der Waals surface area contributed by atoms with Gasteiger partial charge in [-0.3, -0.25) is 19.3 Å². The lowest BCUT2D eigenvalue weighted by Crippen LogP contribution is -2.40. The summed E-state index contributed by atoms with van der Waals surface area (Å²) in [6.07, 6.45) is 3.11. The molecule has 0 spiro atoms. The maximum atomic E-state index is 13.1. The second kappa shape index (κ2) is 7.31. The Bertz CT molecular complexity index is 772. The Morgan fingerprint density at radius 1 is 1.15 bits per heavy atom. The molecule has 0 bridgehead atoms. The molecule has 3 aliphatic rings. The molecule has 0 unspecified atom stereocenters. The van der Waals surface area contributed by atoms with Crippen molar-refractivity contribution < 1.29 is 24.2 Å². The van der Waals surface area contributed by atoms with Gasteiger partial charge in [0.1, 0.15) is 0 Å². The van der Waals surface area contributed by atoms with Gasteiger partial charge in [0.15, 0.2) is 0 Å². The Labute approximate surface area is 157 Å². The minimum atomic E-state index is -0.809. The van der Waals surface area contributed by atoms with Crippen LogP contribution in [0.4, 0.5) is 5.69 Å². The molecule has 3 heterocycles. The number of imide groups is 1. The van der Waals surface area contributed by atoms with Crippen molar-refractivity contribution in [1.29, 1.82) is 0 Å². The van der Waals surface area contributed by atoms with Crippen molar-refractivity contribution in [3.63, 3.8) is 0 Å². The van der Waals surface area contributed by atoms with Gasteiger partial charge in [0.2, 0.25) is 0 Å². The topological polar surface area (TPSA) is 87.2 Å². The quantitative estimate of drug-likeness (QED) is 0.814. The zero-order chi connectivity index (χ0) is 19.0.